The topological polar surface area (TPSA) is 48.9 Å². The standard InChI is InChI=1S/C10H9FN2O/c11-9-3-1-7(2-4-9)10(14)8-5-12-13-6-8/h1-6,10,14H,(H,12,13). The molecular weight excluding hydrogens is 183 g/mol. The van der Waals surface area contributed by atoms with Crippen LogP contribution in [0, 0.1) is 5.82 Å². The Morgan fingerprint density at radius 3 is 2.50 bits per heavy atom. The van der Waals surface area contributed by atoms with Crippen molar-refractivity contribution in [2.75, 3.05) is 0 Å². The van der Waals surface area contributed by atoms with Gasteiger partial charge in [-0.05, 0) is 17.7 Å². The van der Waals surface area contributed by atoms with Gasteiger partial charge in [-0.2, -0.15) is 5.10 Å². The Labute approximate surface area is 80.2 Å². The molecule has 0 bridgehead atoms. The minimum absolute atomic E-state index is 0.312. The van der Waals surface area contributed by atoms with E-state index in [4.69, 9.17) is 0 Å². The monoisotopic (exact) mass is 192 g/mol. The Morgan fingerprint density at radius 1 is 1.21 bits per heavy atom. The van der Waals surface area contributed by atoms with Gasteiger partial charge in [0.25, 0.3) is 0 Å². The third kappa shape index (κ3) is 1.65. The molecule has 2 aromatic rings. The maximum atomic E-state index is 12.6. The van der Waals surface area contributed by atoms with Crippen molar-refractivity contribution in [1.29, 1.82) is 0 Å². The second-order valence-electron chi connectivity index (χ2n) is 2.99. The molecule has 0 aliphatic carbocycles. The van der Waals surface area contributed by atoms with Gasteiger partial charge in [0.05, 0.1) is 6.20 Å². The van der Waals surface area contributed by atoms with Crippen molar-refractivity contribution < 1.29 is 9.50 Å². The van der Waals surface area contributed by atoms with Crippen LogP contribution in [0.3, 0.4) is 0 Å². The van der Waals surface area contributed by atoms with Gasteiger partial charge >= 0.3 is 0 Å². The van der Waals surface area contributed by atoms with E-state index in [9.17, 15) is 9.50 Å². The molecular formula is C10H9FN2O. The second-order valence-corrected chi connectivity index (χ2v) is 2.99. The Kier molecular flexibility index (Phi) is 2.28. The number of H-pyrrole nitrogens is 1. The highest BCUT2D eigenvalue weighted by Gasteiger charge is 2.10. The summed E-state index contributed by atoms with van der Waals surface area (Å²) in [6.45, 7) is 0. The highest BCUT2D eigenvalue weighted by Crippen LogP contribution is 2.20. The third-order valence-electron chi connectivity index (χ3n) is 2.02. The highest BCUT2D eigenvalue weighted by molar-refractivity contribution is 5.26. The average molecular weight is 192 g/mol. The molecule has 14 heavy (non-hydrogen) atoms. The van der Waals surface area contributed by atoms with Gasteiger partial charge in [0.1, 0.15) is 11.9 Å². The molecule has 0 fully saturated rings. The van der Waals surface area contributed by atoms with Crippen LogP contribution in [-0.2, 0) is 0 Å². The number of halogens is 1. The van der Waals surface area contributed by atoms with Crippen LogP contribution in [-0.4, -0.2) is 15.3 Å². The Bertz CT molecular complexity index is 397. The van der Waals surface area contributed by atoms with Crippen LogP contribution < -0.4 is 0 Å². The number of benzene rings is 1. The minimum atomic E-state index is -0.755. The van der Waals surface area contributed by atoms with Crippen LogP contribution in [0.25, 0.3) is 0 Å². The van der Waals surface area contributed by atoms with E-state index in [2.05, 4.69) is 10.2 Å². The lowest BCUT2D eigenvalue weighted by Gasteiger charge is -2.07. The zero-order chi connectivity index (χ0) is 9.97. The van der Waals surface area contributed by atoms with E-state index in [0.29, 0.717) is 11.1 Å². The van der Waals surface area contributed by atoms with Crippen molar-refractivity contribution in [2.45, 2.75) is 6.10 Å². The SMILES string of the molecule is OC(c1ccc(F)cc1)c1cn[nH]c1. The third-order valence-corrected chi connectivity index (χ3v) is 2.02. The van der Waals surface area contributed by atoms with Crippen LogP contribution in [0.1, 0.15) is 17.2 Å². The zero-order valence-corrected chi connectivity index (χ0v) is 7.31. The molecule has 0 spiro atoms. The van der Waals surface area contributed by atoms with Gasteiger partial charge in [0.15, 0.2) is 0 Å². The summed E-state index contributed by atoms with van der Waals surface area (Å²) in [6.07, 6.45) is 2.39. The van der Waals surface area contributed by atoms with Gasteiger partial charge < -0.3 is 5.11 Å². The molecule has 3 nitrogen and oxygen atoms in total. The van der Waals surface area contributed by atoms with Gasteiger partial charge in [-0.1, -0.05) is 12.1 Å². The second kappa shape index (κ2) is 3.59. The van der Waals surface area contributed by atoms with E-state index < -0.39 is 6.10 Å². The first kappa shape index (κ1) is 8.90. The van der Waals surface area contributed by atoms with Crippen LogP contribution in [0.2, 0.25) is 0 Å². The first-order valence-corrected chi connectivity index (χ1v) is 4.19. The maximum absolute atomic E-state index is 12.6. The number of aromatic nitrogens is 2. The molecule has 1 aromatic carbocycles. The van der Waals surface area contributed by atoms with Crippen molar-refractivity contribution in [3.8, 4) is 0 Å². The first-order valence-electron chi connectivity index (χ1n) is 4.19. The molecule has 4 heteroatoms. The Balaban J connectivity index is 2.28. The summed E-state index contributed by atoms with van der Waals surface area (Å²) < 4.78 is 12.6. The van der Waals surface area contributed by atoms with Crippen LogP contribution >= 0.6 is 0 Å². The summed E-state index contributed by atoms with van der Waals surface area (Å²) in [5.74, 6) is -0.312. The van der Waals surface area contributed by atoms with Crippen molar-refractivity contribution in [3.63, 3.8) is 0 Å². The zero-order valence-electron chi connectivity index (χ0n) is 7.31. The van der Waals surface area contributed by atoms with E-state index in [-0.39, 0.29) is 5.82 Å². The van der Waals surface area contributed by atoms with Gasteiger partial charge in [0.2, 0.25) is 0 Å². The number of hydrogen-bond acceptors (Lipinski definition) is 2. The van der Waals surface area contributed by atoms with Crippen molar-refractivity contribution >= 4 is 0 Å². The quantitative estimate of drug-likeness (QED) is 0.759. The molecule has 1 heterocycles. The van der Waals surface area contributed by atoms with E-state index in [0.717, 1.165) is 0 Å². The minimum Gasteiger partial charge on any atom is -0.384 e. The van der Waals surface area contributed by atoms with E-state index in [1.807, 2.05) is 0 Å². The van der Waals surface area contributed by atoms with Gasteiger partial charge in [-0.3, -0.25) is 5.10 Å². The van der Waals surface area contributed by atoms with Crippen molar-refractivity contribution in [2.24, 2.45) is 0 Å². The molecule has 72 valence electrons. The fraction of sp³-hybridized carbons (Fsp3) is 0.100. The Hall–Kier alpha value is -1.68. The first-order chi connectivity index (χ1) is 6.77. The summed E-state index contributed by atoms with van der Waals surface area (Å²) in [5.41, 5.74) is 1.31. The van der Waals surface area contributed by atoms with Crippen LogP contribution in [0.5, 0.6) is 0 Å². The summed E-state index contributed by atoms with van der Waals surface area (Å²) in [5, 5.41) is 16.1. The predicted octanol–water partition coefficient (Wildman–Crippen LogP) is 1.63. The average Bonchev–Trinajstić information content (AvgIpc) is 2.71. The summed E-state index contributed by atoms with van der Waals surface area (Å²) >= 11 is 0. The number of hydrogen-bond donors (Lipinski definition) is 2. The summed E-state index contributed by atoms with van der Waals surface area (Å²) in [4.78, 5) is 0. The maximum Gasteiger partial charge on any atom is 0.123 e. The fourth-order valence-electron chi connectivity index (χ4n) is 1.25. The van der Waals surface area contributed by atoms with E-state index >= 15 is 0 Å². The van der Waals surface area contributed by atoms with Crippen LogP contribution in [0.15, 0.2) is 36.7 Å². The Morgan fingerprint density at radius 2 is 1.93 bits per heavy atom. The predicted molar refractivity (Wildman–Crippen MR) is 49.0 cm³/mol. The van der Waals surface area contributed by atoms with Gasteiger partial charge in [0, 0.05) is 11.8 Å². The molecule has 2 N–H and O–H groups in total. The highest BCUT2D eigenvalue weighted by atomic mass is 19.1. The normalized spacial score (nSPS) is 12.7. The van der Waals surface area contributed by atoms with Crippen molar-refractivity contribution in [1.82, 2.24) is 10.2 Å². The molecule has 0 aliphatic rings. The summed E-state index contributed by atoms with van der Waals surface area (Å²) in [6, 6.07) is 5.73. The lowest BCUT2D eigenvalue weighted by atomic mass is 10.1. The molecule has 0 radical (unpaired) electrons. The molecule has 1 atom stereocenters. The van der Waals surface area contributed by atoms with Crippen molar-refractivity contribution in [3.05, 3.63) is 53.6 Å². The van der Waals surface area contributed by atoms with E-state index in [1.165, 1.54) is 18.3 Å². The smallest absolute Gasteiger partial charge is 0.123 e. The molecule has 0 saturated carbocycles. The lowest BCUT2D eigenvalue weighted by molar-refractivity contribution is 0.220. The number of aliphatic hydroxyl groups is 1. The molecule has 0 aliphatic heterocycles. The number of nitrogens with one attached hydrogen (secondary N) is 1. The molecule has 1 unspecified atom stereocenters. The number of aromatic amines is 1. The number of nitrogens with zero attached hydrogens (tertiary/aromatic N) is 1. The largest absolute Gasteiger partial charge is 0.384 e. The molecule has 0 saturated heterocycles. The lowest BCUT2D eigenvalue weighted by Crippen LogP contribution is -1.97. The molecule has 2 rings (SSSR count). The number of aliphatic hydroxyl groups excluding tert-OH is 1. The number of rotatable bonds is 2. The van der Waals surface area contributed by atoms with Gasteiger partial charge in [-0.15, -0.1) is 0 Å². The molecule has 0 amide bonds. The van der Waals surface area contributed by atoms with Gasteiger partial charge in [-0.25, -0.2) is 4.39 Å². The van der Waals surface area contributed by atoms with E-state index in [1.54, 1.807) is 18.3 Å². The molecule has 1 aromatic heterocycles. The van der Waals surface area contributed by atoms with Crippen LogP contribution in [0.4, 0.5) is 4.39 Å². The summed E-state index contributed by atoms with van der Waals surface area (Å²) in [7, 11) is 0. The fourth-order valence-corrected chi connectivity index (χ4v) is 1.25.